The van der Waals surface area contributed by atoms with Crippen LogP contribution in [-0.4, -0.2) is 61.6 Å². The summed E-state index contributed by atoms with van der Waals surface area (Å²) in [6, 6.07) is 19.2. The number of aliphatic hydroxyl groups is 1. The van der Waals surface area contributed by atoms with Crippen molar-refractivity contribution in [1.82, 2.24) is 15.3 Å². The number of anilines is 1. The fourth-order valence-corrected chi connectivity index (χ4v) is 3.39. The van der Waals surface area contributed by atoms with E-state index in [1.807, 2.05) is 60.7 Å². The van der Waals surface area contributed by atoms with Crippen molar-refractivity contribution < 1.29 is 19.0 Å². The van der Waals surface area contributed by atoms with Crippen LogP contribution < -0.4 is 15.4 Å². The Bertz CT molecular complexity index is 1160. The second kappa shape index (κ2) is 10.9. The number of nitrogens with zero attached hydrogens (tertiary/aromatic N) is 2. The van der Waals surface area contributed by atoms with Crippen molar-refractivity contribution in [1.29, 1.82) is 0 Å². The molecule has 0 fully saturated rings. The lowest BCUT2D eigenvalue weighted by molar-refractivity contribution is 0.108. The van der Waals surface area contributed by atoms with Gasteiger partial charge < -0.3 is 29.6 Å². The topological polar surface area (TPSA) is 102 Å². The molecule has 0 aliphatic rings. The Labute approximate surface area is 192 Å². The number of benzene rings is 2. The van der Waals surface area contributed by atoms with Crippen molar-refractivity contribution in [3.05, 3.63) is 60.7 Å². The molecular formula is C25H28N4O4. The van der Waals surface area contributed by atoms with Crippen LogP contribution in [-0.2, 0) is 4.74 Å². The lowest BCUT2D eigenvalue weighted by Gasteiger charge is -2.13. The Morgan fingerprint density at radius 2 is 1.94 bits per heavy atom. The van der Waals surface area contributed by atoms with E-state index in [0.717, 1.165) is 16.5 Å². The van der Waals surface area contributed by atoms with E-state index in [2.05, 4.69) is 15.6 Å². The van der Waals surface area contributed by atoms with Gasteiger partial charge in [-0.25, -0.2) is 9.97 Å². The van der Waals surface area contributed by atoms with Crippen molar-refractivity contribution >= 4 is 16.8 Å². The molecule has 0 saturated carbocycles. The van der Waals surface area contributed by atoms with Crippen LogP contribution in [0.5, 0.6) is 5.75 Å². The molecule has 1 atom stereocenters. The highest BCUT2D eigenvalue weighted by Crippen LogP contribution is 2.30. The van der Waals surface area contributed by atoms with Gasteiger partial charge in [0, 0.05) is 37.2 Å². The molecule has 8 heteroatoms. The van der Waals surface area contributed by atoms with E-state index in [9.17, 15) is 5.11 Å². The highest BCUT2D eigenvalue weighted by molar-refractivity contribution is 5.82. The predicted molar refractivity (Wildman–Crippen MR) is 128 cm³/mol. The van der Waals surface area contributed by atoms with Gasteiger partial charge >= 0.3 is 0 Å². The SMILES string of the molecule is CNCC(O)COc1cccc(-c2nc(NCCOC)cc(-c3cc4ccccc4o3)n2)c1. The van der Waals surface area contributed by atoms with Gasteiger partial charge in [-0.2, -0.15) is 0 Å². The Morgan fingerprint density at radius 3 is 2.76 bits per heavy atom. The molecule has 0 amide bonds. The molecule has 1 unspecified atom stereocenters. The molecule has 172 valence electrons. The zero-order chi connectivity index (χ0) is 23.0. The molecule has 0 aliphatic heterocycles. The van der Waals surface area contributed by atoms with Gasteiger partial charge in [0.1, 0.15) is 35.6 Å². The maximum Gasteiger partial charge on any atom is 0.162 e. The molecule has 2 aromatic heterocycles. The quantitative estimate of drug-likeness (QED) is 0.299. The number of fused-ring (bicyclic) bond motifs is 1. The highest BCUT2D eigenvalue weighted by Gasteiger charge is 2.13. The van der Waals surface area contributed by atoms with Crippen molar-refractivity contribution in [2.45, 2.75) is 6.10 Å². The zero-order valence-corrected chi connectivity index (χ0v) is 18.7. The summed E-state index contributed by atoms with van der Waals surface area (Å²) >= 11 is 0. The number of likely N-dealkylation sites (N-methyl/N-ethyl adjacent to an activating group) is 1. The van der Waals surface area contributed by atoms with Gasteiger partial charge in [-0.05, 0) is 31.3 Å². The molecule has 0 aliphatic carbocycles. The largest absolute Gasteiger partial charge is 0.491 e. The molecule has 2 heterocycles. The summed E-state index contributed by atoms with van der Waals surface area (Å²) < 4.78 is 16.9. The zero-order valence-electron chi connectivity index (χ0n) is 18.7. The highest BCUT2D eigenvalue weighted by atomic mass is 16.5. The van der Waals surface area contributed by atoms with Gasteiger partial charge in [0.25, 0.3) is 0 Å². The number of nitrogens with one attached hydrogen (secondary N) is 2. The number of hydrogen-bond acceptors (Lipinski definition) is 8. The summed E-state index contributed by atoms with van der Waals surface area (Å²) in [7, 11) is 3.44. The Kier molecular flexibility index (Phi) is 7.51. The maximum atomic E-state index is 9.92. The molecular weight excluding hydrogens is 420 g/mol. The lowest BCUT2D eigenvalue weighted by atomic mass is 10.2. The van der Waals surface area contributed by atoms with E-state index in [1.165, 1.54) is 0 Å². The van der Waals surface area contributed by atoms with Gasteiger partial charge in [0.05, 0.1) is 6.61 Å². The number of aliphatic hydroxyl groups excluding tert-OH is 1. The molecule has 0 bridgehead atoms. The van der Waals surface area contributed by atoms with E-state index >= 15 is 0 Å². The third-order valence-corrected chi connectivity index (χ3v) is 4.99. The van der Waals surface area contributed by atoms with E-state index in [-0.39, 0.29) is 6.61 Å². The van der Waals surface area contributed by atoms with Gasteiger partial charge in [0.2, 0.25) is 0 Å². The molecule has 0 radical (unpaired) electrons. The van der Waals surface area contributed by atoms with Crippen molar-refractivity contribution in [3.8, 4) is 28.6 Å². The van der Waals surface area contributed by atoms with Gasteiger partial charge in [-0.15, -0.1) is 0 Å². The first kappa shape index (κ1) is 22.7. The Balaban J connectivity index is 1.66. The third kappa shape index (κ3) is 5.87. The molecule has 0 saturated heterocycles. The number of para-hydroxylation sites is 1. The summed E-state index contributed by atoms with van der Waals surface area (Å²) in [4.78, 5) is 9.46. The van der Waals surface area contributed by atoms with Gasteiger partial charge in [-0.3, -0.25) is 0 Å². The van der Waals surface area contributed by atoms with Crippen molar-refractivity contribution in [3.63, 3.8) is 0 Å². The molecule has 33 heavy (non-hydrogen) atoms. The predicted octanol–water partition coefficient (Wildman–Crippen LogP) is 3.57. The fourth-order valence-electron chi connectivity index (χ4n) is 3.39. The average Bonchev–Trinajstić information content (AvgIpc) is 3.28. The summed E-state index contributed by atoms with van der Waals surface area (Å²) in [6.07, 6.45) is -0.595. The van der Waals surface area contributed by atoms with Crippen LogP contribution in [0.15, 0.2) is 65.1 Å². The van der Waals surface area contributed by atoms with Gasteiger partial charge in [0.15, 0.2) is 11.6 Å². The average molecular weight is 449 g/mol. The summed E-state index contributed by atoms with van der Waals surface area (Å²) in [6.45, 7) is 1.81. The molecule has 4 rings (SSSR count). The summed E-state index contributed by atoms with van der Waals surface area (Å²) in [5.74, 6) is 2.50. The first-order chi connectivity index (χ1) is 16.2. The Hall–Kier alpha value is -3.46. The number of aromatic nitrogens is 2. The van der Waals surface area contributed by atoms with E-state index in [0.29, 0.717) is 48.5 Å². The summed E-state index contributed by atoms with van der Waals surface area (Å²) in [5.41, 5.74) is 2.27. The summed E-state index contributed by atoms with van der Waals surface area (Å²) in [5, 5.41) is 17.1. The lowest BCUT2D eigenvalue weighted by Crippen LogP contribution is -2.29. The molecule has 4 aromatic rings. The van der Waals surface area contributed by atoms with Crippen LogP contribution in [0.2, 0.25) is 0 Å². The van der Waals surface area contributed by atoms with Crippen LogP contribution in [0.25, 0.3) is 33.8 Å². The number of furan rings is 1. The van der Waals surface area contributed by atoms with E-state index in [4.69, 9.17) is 18.9 Å². The van der Waals surface area contributed by atoms with Crippen molar-refractivity contribution in [2.75, 3.05) is 45.8 Å². The Morgan fingerprint density at radius 1 is 1.06 bits per heavy atom. The maximum absolute atomic E-state index is 9.92. The van der Waals surface area contributed by atoms with E-state index in [1.54, 1.807) is 14.2 Å². The number of rotatable bonds is 11. The van der Waals surface area contributed by atoms with Crippen LogP contribution in [0.3, 0.4) is 0 Å². The second-order valence-electron chi connectivity index (χ2n) is 7.58. The van der Waals surface area contributed by atoms with Crippen molar-refractivity contribution in [2.24, 2.45) is 0 Å². The number of methoxy groups -OCH3 is 1. The first-order valence-electron chi connectivity index (χ1n) is 10.8. The standard InChI is InChI=1S/C25H28N4O4/c1-26-15-19(30)16-32-20-8-5-7-18(12-20)25-28-21(14-24(29-25)27-10-11-31-2)23-13-17-6-3-4-9-22(17)33-23/h3-9,12-14,19,26,30H,10-11,15-16H2,1-2H3,(H,27,28,29). The van der Waals surface area contributed by atoms with Crippen LogP contribution >= 0.6 is 0 Å². The minimum atomic E-state index is -0.595. The minimum absolute atomic E-state index is 0.188. The minimum Gasteiger partial charge on any atom is -0.491 e. The van der Waals surface area contributed by atoms with Crippen LogP contribution in [0.1, 0.15) is 0 Å². The molecule has 3 N–H and O–H groups in total. The van der Waals surface area contributed by atoms with Crippen LogP contribution in [0, 0.1) is 0 Å². The smallest absolute Gasteiger partial charge is 0.162 e. The van der Waals surface area contributed by atoms with E-state index < -0.39 is 6.10 Å². The number of hydrogen-bond donors (Lipinski definition) is 3. The fraction of sp³-hybridized carbons (Fsp3) is 0.280. The van der Waals surface area contributed by atoms with Crippen LogP contribution in [0.4, 0.5) is 5.82 Å². The molecule has 2 aromatic carbocycles. The second-order valence-corrected chi connectivity index (χ2v) is 7.58. The number of ether oxygens (including phenoxy) is 2. The third-order valence-electron chi connectivity index (χ3n) is 4.99. The monoisotopic (exact) mass is 448 g/mol. The van der Waals surface area contributed by atoms with Gasteiger partial charge in [-0.1, -0.05) is 30.3 Å². The molecule has 8 nitrogen and oxygen atoms in total. The first-order valence-corrected chi connectivity index (χ1v) is 10.8. The molecule has 0 spiro atoms. The normalized spacial score (nSPS) is 12.1.